The van der Waals surface area contributed by atoms with E-state index >= 15 is 0 Å². The van der Waals surface area contributed by atoms with Gasteiger partial charge in [-0.05, 0) is 51.7 Å². The minimum atomic E-state index is -3.78. The van der Waals surface area contributed by atoms with E-state index in [9.17, 15) is 18.0 Å². The van der Waals surface area contributed by atoms with Gasteiger partial charge >= 0.3 is 5.97 Å². The van der Waals surface area contributed by atoms with Crippen molar-refractivity contribution in [1.82, 2.24) is 9.62 Å². The summed E-state index contributed by atoms with van der Waals surface area (Å²) in [7, 11) is -3.78. The first-order valence-electron chi connectivity index (χ1n) is 9.17. The topological polar surface area (TPSA) is 92.8 Å². The maximum absolute atomic E-state index is 12.6. The lowest BCUT2D eigenvalue weighted by Gasteiger charge is -2.31. The van der Waals surface area contributed by atoms with E-state index in [1.54, 1.807) is 25.7 Å². The number of hydrogen-bond acceptors (Lipinski definition) is 5. The van der Waals surface area contributed by atoms with Crippen molar-refractivity contribution < 1.29 is 22.7 Å². The van der Waals surface area contributed by atoms with E-state index in [0.29, 0.717) is 43.7 Å². The number of carbonyl (C=O) groups is 2. The Bertz CT molecular complexity index is 788. The van der Waals surface area contributed by atoms with E-state index in [-0.39, 0.29) is 29.2 Å². The lowest BCUT2D eigenvalue weighted by atomic mass is 9.97. The zero-order chi connectivity index (χ0) is 20.2. The van der Waals surface area contributed by atoms with Crippen molar-refractivity contribution in [1.29, 1.82) is 0 Å². The van der Waals surface area contributed by atoms with Crippen LogP contribution in [0.3, 0.4) is 0 Å². The summed E-state index contributed by atoms with van der Waals surface area (Å²) in [5, 5.41) is 0. The van der Waals surface area contributed by atoms with Gasteiger partial charge in [0.1, 0.15) is 0 Å². The maximum atomic E-state index is 12.6. The summed E-state index contributed by atoms with van der Waals surface area (Å²) in [5.41, 5.74) is 2.30. The molecule has 0 aliphatic carbocycles. The lowest BCUT2D eigenvalue weighted by molar-refractivity contribution is -0.151. The number of nitrogens with zero attached hydrogens (tertiary/aromatic N) is 1. The molecule has 1 aromatic carbocycles. The third kappa shape index (κ3) is 5.29. The second-order valence-electron chi connectivity index (χ2n) is 6.96. The van der Waals surface area contributed by atoms with Crippen LogP contribution in [-0.4, -0.2) is 51.4 Å². The van der Waals surface area contributed by atoms with Crippen LogP contribution in [0.15, 0.2) is 17.0 Å². The van der Waals surface area contributed by atoms with Crippen LogP contribution >= 0.6 is 0 Å². The first-order valence-corrected chi connectivity index (χ1v) is 10.7. The molecule has 0 bridgehead atoms. The monoisotopic (exact) mass is 396 g/mol. The summed E-state index contributed by atoms with van der Waals surface area (Å²) in [4.78, 5) is 26.0. The van der Waals surface area contributed by atoms with Crippen molar-refractivity contribution >= 4 is 21.9 Å². The van der Waals surface area contributed by atoms with Gasteiger partial charge in [-0.25, -0.2) is 13.1 Å². The number of piperidine rings is 1. The number of hydrogen-bond donors (Lipinski definition) is 1. The molecule has 0 spiro atoms. The number of carbonyl (C=O) groups excluding carboxylic acids is 2. The number of benzene rings is 1. The first-order chi connectivity index (χ1) is 12.7. The highest BCUT2D eigenvalue weighted by atomic mass is 32.2. The molecule has 0 atom stereocenters. The summed E-state index contributed by atoms with van der Waals surface area (Å²) >= 11 is 0. The highest BCUT2D eigenvalue weighted by Crippen LogP contribution is 2.22. The summed E-state index contributed by atoms with van der Waals surface area (Å²) in [6.07, 6.45) is 1.07. The van der Waals surface area contributed by atoms with Gasteiger partial charge < -0.3 is 9.64 Å². The van der Waals surface area contributed by atoms with Crippen molar-refractivity contribution in [2.45, 2.75) is 45.4 Å². The first kappa shape index (κ1) is 21.4. The van der Waals surface area contributed by atoms with Gasteiger partial charge in [0.05, 0.1) is 24.0 Å². The Kier molecular flexibility index (Phi) is 7.00. The lowest BCUT2D eigenvalue weighted by Crippen LogP contribution is -2.45. The summed E-state index contributed by atoms with van der Waals surface area (Å²) in [6.45, 7) is 8.07. The number of esters is 1. The van der Waals surface area contributed by atoms with E-state index in [4.69, 9.17) is 4.74 Å². The van der Waals surface area contributed by atoms with Crippen molar-refractivity contribution in [3.05, 3.63) is 28.8 Å². The molecule has 1 aliphatic heterocycles. The van der Waals surface area contributed by atoms with E-state index in [1.165, 1.54) is 0 Å². The van der Waals surface area contributed by atoms with Crippen LogP contribution in [0.4, 0.5) is 0 Å². The molecular formula is C19H28N2O5S. The van der Waals surface area contributed by atoms with Gasteiger partial charge in [-0.1, -0.05) is 17.7 Å². The molecule has 1 N–H and O–H groups in total. The molecule has 1 heterocycles. The molecule has 1 fully saturated rings. The van der Waals surface area contributed by atoms with E-state index < -0.39 is 10.0 Å². The van der Waals surface area contributed by atoms with Crippen molar-refractivity contribution in [2.75, 3.05) is 26.2 Å². The Morgan fingerprint density at radius 3 is 2.22 bits per heavy atom. The van der Waals surface area contributed by atoms with Gasteiger partial charge in [0.25, 0.3) is 0 Å². The normalized spacial score (nSPS) is 15.6. The molecule has 1 aromatic rings. The fourth-order valence-corrected chi connectivity index (χ4v) is 4.98. The summed E-state index contributed by atoms with van der Waals surface area (Å²) in [6, 6.07) is 3.62. The molecule has 1 aliphatic rings. The largest absolute Gasteiger partial charge is 0.466 e. The van der Waals surface area contributed by atoms with Crippen molar-refractivity contribution in [2.24, 2.45) is 5.92 Å². The van der Waals surface area contributed by atoms with Crippen LogP contribution in [0.1, 0.15) is 36.5 Å². The standard InChI is InChI=1S/C19H28N2O5S/c1-5-26-19(23)16-6-8-21(9-7-16)17(22)12-20-27(24,25)18-14(3)10-13(2)11-15(18)4/h10-11,16,20H,5-9,12H2,1-4H3. The number of ether oxygens (including phenoxy) is 1. The van der Waals surface area contributed by atoms with Gasteiger partial charge in [-0.2, -0.15) is 0 Å². The summed E-state index contributed by atoms with van der Waals surface area (Å²) in [5.74, 6) is -0.706. The Morgan fingerprint density at radius 1 is 1.15 bits per heavy atom. The average molecular weight is 397 g/mol. The molecule has 1 saturated heterocycles. The van der Waals surface area contributed by atoms with Gasteiger partial charge in [0.2, 0.25) is 15.9 Å². The third-order valence-electron chi connectivity index (χ3n) is 4.75. The highest BCUT2D eigenvalue weighted by Gasteiger charge is 2.29. The number of sulfonamides is 1. The Hall–Kier alpha value is -1.93. The zero-order valence-electron chi connectivity index (χ0n) is 16.4. The van der Waals surface area contributed by atoms with Crippen LogP contribution in [0.2, 0.25) is 0 Å². The minimum absolute atomic E-state index is 0.191. The smallest absolute Gasteiger partial charge is 0.309 e. The Balaban J connectivity index is 1.95. The SMILES string of the molecule is CCOC(=O)C1CCN(C(=O)CNS(=O)(=O)c2c(C)cc(C)cc2C)CC1. The number of aryl methyl sites for hydroxylation is 3. The predicted octanol–water partition coefficient (Wildman–Crippen LogP) is 1.69. The fourth-order valence-electron chi connectivity index (χ4n) is 3.56. The number of likely N-dealkylation sites (tertiary alicyclic amines) is 1. The van der Waals surface area contributed by atoms with Crippen LogP contribution in [0.25, 0.3) is 0 Å². The second-order valence-corrected chi connectivity index (χ2v) is 8.66. The highest BCUT2D eigenvalue weighted by molar-refractivity contribution is 7.89. The van der Waals surface area contributed by atoms with Gasteiger partial charge in [-0.15, -0.1) is 0 Å². The van der Waals surface area contributed by atoms with Crippen LogP contribution in [-0.2, 0) is 24.3 Å². The molecule has 0 saturated carbocycles. The van der Waals surface area contributed by atoms with Crippen LogP contribution in [0.5, 0.6) is 0 Å². The van der Waals surface area contributed by atoms with Gasteiger partial charge in [-0.3, -0.25) is 9.59 Å². The molecular weight excluding hydrogens is 368 g/mol. The van der Waals surface area contributed by atoms with Crippen molar-refractivity contribution in [3.8, 4) is 0 Å². The van der Waals surface area contributed by atoms with Crippen molar-refractivity contribution in [3.63, 3.8) is 0 Å². The number of amides is 1. The third-order valence-corrected chi connectivity index (χ3v) is 6.46. The molecule has 0 unspecified atom stereocenters. The zero-order valence-corrected chi connectivity index (χ0v) is 17.2. The van der Waals surface area contributed by atoms with Crippen LogP contribution in [0, 0.1) is 26.7 Å². The average Bonchev–Trinajstić information content (AvgIpc) is 2.59. The van der Waals surface area contributed by atoms with E-state index in [1.807, 2.05) is 19.1 Å². The molecule has 0 radical (unpaired) electrons. The second kappa shape index (κ2) is 8.84. The fraction of sp³-hybridized carbons (Fsp3) is 0.579. The molecule has 7 nitrogen and oxygen atoms in total. The molecule has 2 rings (SSSR count). The molecule has 0 aromatic heterocycles. The predicted molar refractivity (Wildman–Crippen MR) is 102 cm³/mol. The molecule has 8 heteroatoms. The summed E-state index contributed by atoms with van der Waals surface area (Å²) < 4.78 is 32.7. The molecule has 1 amide bonds. The van der Waals surface area contributed by atoms with E-state index in [0.717, 1.165) is 5.56 Å². The number of nitrogens with one attached hydrogen (secondary N) is 1. The maximum Gasteiger partial charge on any atom is 0.309 e. The Labute approximate surface area is 161 Å². The van der Waals surface area contributed by atoms with Gasteiger partial charge in [0, 0.05) is 13.1 Å². The van der Waals surface area contributed by atoms with Crippen LogP contribution < -0.4 is 4.72 Å². The van der Waals surface area contributed by atoms with Gasteiger partial charge in [0.15, 0.2) is 0 Å². The quantitative estimate of drug-likeness (QED) is 0.739. The molecule has 150 valence electrons. The minimum Gasteiger partial charge on any atom is -0.466 e. The number of rotatable bonds is 6. The Morgan fingerprint density at radius 2 is 1.70 bits per heavy atom. The van der Waals surface area contributed by atoms with E-state index in [2.05, 4.69) is 4.72 Å². The molecule has 27 heavy (non-hydrogen) atoms.